The van der Waals surface area contributed by atoms with Gasteiger partial charge in [0.25, 0.3) is 0 Å². The molecule has 0 aromatic heterocycles. The first-order valence-electron chi connectivity index (χ1n) is 9.81. The van der Waals surface area contributed by atoms with Crippen LogP contribution in [0.3, 0.4) is 0 Å². The third-order valence-electron chi connectivity index (χ3n) is 5.62. The first-order valence-corrected chi connectivity index (χ1v) is 10.6. The average molecular weight is 443 g/mol. The molecule has 0 aliphatic carbocycles. The summed E-state index contributed by atoms with van der Waals surface area (Å²) in [5.74, 6) is -0.337. The Labute approximate surface area is 185 Å². The third kappa shape index (κ3) is 3.95. The van der Waals surface area contributed by atoms with Gasteiger partial charge in [0.2, 0.25) is 5.91 Å². The number of carbonyl (C=O) groups excluding carboxylic acids is 1. The van der Waals surface area contributed by atoms with Gasteiger partial charge in [-0.25, -0.2) is 4.39 Å². The number of rotatable bonds is 1. The molecule has 0 radical (unpaired) electrons. The second kappa shape index (κ2) is 8.76. The van der Waals surface area contributed by atoms with Gasteiger partial charge in [-0.3, -0.25) is 4.79 Å². The average Bonchev–Trinajstić information content (AvgIpc) is 3.00. The molecule has 2 N–H and O–H groups in total. The normalized spacial score (nSPS) is 22.1. The van der Waals surface area contributed by atoms with Gasteiger partial charge in [0.05, 0.1) is 11.5 Å². The molecule has 6 heteroatoms. The highest BCUT2D eigenvalue weighted by molar-refractivity contribution is 6.31. The summed E-state index contributed by atoms with van der Waals surface area (Å²) in [7, 11) is 0. The van der Waals surface area contributed by atoms with Crippen LogP contribution < -0.4 is 10.6 Å². The minimum atomic E-state index is -0.716. The fraction of sp³-hybridized carbons (Fsp3) is 0.208. The van der Waals surface area contributed by atoms with Crippen LogP contribution in [0.5, 0.6) is 0 Å². The summed E-state index contributed by atoms with van der Waals surface area (Å²) in [6.07, 6.45) is 1.61. The molecule has 1 saturated heterocycles. The number of halogens is 3. The molecule has 3 nitrogen and oxygen atoms in total. The van der Waals surface area contributed by atoms with E-state index in [2.05, 4.69) is 10.6 Å². The second-order valence-electron chi connectivity index (χ2n) is 7.46. The van der Waals surface area contributed by atoms with Crippen molar-refractivity contribution in [2.45, 2.75) is 24.3 Å². The minimum Gasteiger partial charge on any atom is -0.325 e. The highest BCUT2D eigenvalue weighted by Gasteiger charge is 2.53. The Hall–Kier alpha value is -2.40. The Balaban J connectivity index is 0.000000265. The largest absolute Gasteiger partial charge is 0.325 e. The standard InChI is InChI=1S/C18H16ClFN2O.C6H5Cl/c19-12-5-6-14-15(10-12)22-17(23)18(14)7-2-8-21-16(18)11-3-1-4-13(20)9-11;7-6-4-2-1-3-5-6/h1,3-6,9-10,16,21H,2,7-8H2,(H,22,23);1-5H/t16-,18-;/m1./s1. The summed E-state index contributed by atoms with van der Waals surface area (Å²) in [6, 6.07) is 21.2. The molecule has 2 atom stereocenters. The second-order valence-corrected chi connectivity index (χ2v) is 8.33. The molecule has 30 heavy (non-hydrogen) atoms. The van der Waals surface area contributed by atoms with Crippen LogP contribution in [0, 0.1) is 5.82 Å². The Morgan fingerprint density at radius 2 is 1.73 bits per heavy atom. The molecular weight excluding hydrogens is 422 g/mol. The summed E-state index contributed by atoms with van der Waals surface area (Å²) < 4.78 is 13.7. The van der Waals surface area contributed by atoms with Gasteiger partial charge in [-0.15, -0.1) is 0 Å². The maximum absolute atomic E-state index is 13.7. The van der Waals surface area contributed by atoms with Crippen LogP contribution in [0.4, 0.5) is 10.1 Å². The Morgan fingerprint density at radius 1 is 0.933 bits per heavy atom. The molecule has 1 fully saturated rings. The molecule has 2 heterocycles. The molecule has 0 saturated carbocycles. The maximum atomic E-state index is 13.7. The number of benzene rings is 3. The number of piperidine rings is 1. The Kier molecular flexibility index (Phi) is 6.09. The highest BCUT2D eigenvalue weighted by Crippen LogP contribution is 2.51. The van der Waals surface area contributed by atoms with Gasteiger partial charge in [0.15, 0.2) is 0 Å². The number of amides is 1. The van der Waals surface area contributed by atoms with E-state index in [9.17, 15) is 9.18 Å². The van der Waals surface area contributed by atoms with Crippen molar-refractivity contribution < 1.29 is 9.18 Å². The lowest BCUT2D eigenvalue weighted by molar-refractivity contribution is -0.123. The van der Waals surface area contributed by atoms with Crippen molar-refractivity contribution in [3.63, 3.8) is 0 Å². The number of hydrogen-bond donors (Lipinski definition) is 2. The van der Waals surface area contributed by atoms with Gasteiger partial charge in [-0.05, 0) is 66.9 Å². The van der Waals surface area contributed by atoms with E-state index in [-0.39, 0.29) is 17.8 Å². The topological polar surface area (TPSA) is 41.1 Å². The Morgan fingerprint density at radius 3 is 2.43 bits per heavy atom. The molecule has 0 bridgehead atoms. The van der Waals surface area contributed by atoms with E-state index in [0.717, 1.165) is 41.2 Å². The van der Waals surface area contributed by atoms with Crippen molar-refractivity contribution in [1.82, 2.24) is 5.32 Å². The number of anilines is 1. The van der Waals surface area contributed by atoms with E-state index in [1.807, 2.05) is 42.5 Å². The summed E-state index contributed by atoms with van der Waals surface area (Å²) in [6.45, 7) is 0.805. The molecule has 0 unspecified atom stereocenters. The Bertz CT molecular complexity index is 1060. The molecule has 3 aromatic carbocycles. The van der Waals surface area contributed by atoms with Crippen molar-refractivity contribution in [1.29, 1.82) is 0 Å². The van der Waals surface area contributed by atoms with Gasteiger partial charge in [0.1, 0.15) is 5.82 Å². The summed E-state index contributed by atoms with van der Waals surface area (Å²) in [5, 5.41) is 7.76. The van der Waals surface area contributed by atoms with Crippen LogP contribution in [0.1, 0.15) is 30.0 Å². The quantitative estimate of drug-likeness (QED) is 0.475. The number of hydrogen-bond acceptors (Lipinski definition) is 2. The van der Waals surface area contributed by atoms with Crippen molar-refractivity contribution in [3.8, 4) is 0 Å². The number of nitrogens with one attached hydrogen (secondary N) is 2. The summed E-state index contributed by atoms with van der Waals surface area (Å²) in [5.41, 5.74) is 1.77. The van der Waals surface area contributed by atoms with Gasteiger partial charge >= 0.3 is 0 Å². The van der Waals surface area contributed by atoms with E-state index < -0.39 is 5.41 Å². The lowest BCUT2D eigenvalue weighted by atomic mass is 9.67. The zero-order chi connectivity index (χ0) is 21.1. The fourth-order valence-corrected chi connectivity index (χ4v) is 4.65. The van der Waals surface area contributed by atoms with Crippen molar-refractivity contribution in [2.24, 2.45) is 0 Å². The van der Waals surface area contributed by atoms with Crippen molar-refractivity contribution in [2.75, 3.05) is 11.9 Å². The lowest BCUT2D eigenvalue weighted by Gasteiger charge is -2.41. The maximum Gasteiger partial charge on any atom is 0.237 e. The van der Waals surface area contributed by atoms with Gasteiger partial charge in [-0.2, -0.15) is 0 Å². The lowest BCUT2D eigenvalue weighted by Crippen LogP contribution is -2.50. The zero-order valence-electron chi connectivity index (χ0n) is 16.2. The SMILES string of the molecule is Clc1ccccc1.O=C1Nc2cc(Cl)ccc2[C@@]12CCCN[C@@H]2c1cccc(F)c1. The smallest absolute Gasteiger partial charge is 0.237 e. The molecule has 154 valence electrons. The van der Waals surface area contributed by atoms with Gasteiger partial charge in [0, 0.05) is 15.7 Å². The minimum absolute atomic E-state index is 0.0452. The molecule has 3 aromatic rings. The summed E-state index contributed by atoms with van der Waals surface area (Å²) >= 11 is 11.6. The van der Waals surface area contributed by atoms with Crippen LogP contribution in [-0.2, 0) is 10.2 Å². The van der Waals surface area contributed by atoms with Gasteiger partial charge in [-0.1, -0.05) is 59.6 Å². The molecule has 1 amide bonds. The number of fused-ring (bicyclic) bond motifs is 2. The number of carbonyl (C=O) groups is 1. The van der Waals surface area contributed by atoms with E-state index in [0.29, 0.717) is 5.02 Å². The van der Waals surface area contributed by atoms with Crippen LogP contribution >= 0.6 is 23.2 Å². The van der Waals surface area contributed by atoms with Crippen LogP contribution in [0.25, 0.3) is 0 Å². The first kappa shape index (κ1) is 20.9. The zero-order valence-corrected chi connectivity index (χ0v) is 17.7. The molecule has 5 rings (SSSR count). The van der Waals surface area contributed by atoms with E-state index >= 15 is 0 Å². The van der Waals surface area contributed by atoms with E-state index in [1.54, 1.807) is 18.2 Å². The highest BCUT2D eigenvalue weighted by atomic mass is 35.5. The molecule has 2 aliphatic rings. The monoisotopic (exact) mass is 442 g/mol. The first-order chi connectivity index (χ1) is 14.5. The predicted octanol–water partition coefficient (Wildman–Crippen LogP) is 6.13. The molecule has 2 aliphatic heterocycles. The van der Waals surface area contributed by atoms with Gasteiger partial charge < -0.3 is 10.6 Å². The van der Waals surface area contributed by atoms with Crippen LogP contribution in [-0.4, -0.2) is 12.5 Å². The van der Waals surface area contributed by atoms with E-state index in [4.69, 9.17) is 23.2 Å². The fourth-order valence-electron chi connectivity index (χ4n) is 4.34. The summed E-state index contributed by atoms with van der Waals surface area (Å²) in [4.78, 5) is 12.9. The third-order valence-corrected chi connectivity index (χ3v) is 6.11. The van der Waals surface area contributed by atoms with E-state index in [1.165, 1.54) is 12.1 Å². The van der Waals surface area contributed by atoms with Crippen LogP contribution in [0.15, 0.2) is 72.8 Å². The molecular formula is C24H21Cl2FN2O. The van der Waals surface area contributed by atoms with Crippen molar-refractivity contribution >= 4 is 34.8 Å². The predicted molar refractivity (Wildman–Crippen MR) is 120 cm³/mol. The van der Waals surface area contributed by atoms with Crippen LogP contribution in [0.2, 0.25) is 10.0 Å². The molecule has 1 spiro atoms. The van der Waals surface area contributed by atoms with Crippen molar-refractivity contribution in [3.05, 3.63) is 99.8 Å².